The number of halogens is 4. The van der Waals surface area contributed by atoms with Crippen molar-refractivity contribution in [2.75, 3.05) is 0 Å². The molecule has 0 bridgehead atoms. The summed E-state index contributed by atoms with van der Waals surface area (Å²) in [4.78, 5) is 0. The summed E-state index contributed by atoms with van der Waals surface area (Å²) in [5.74, 6) is -0.111. The highest BCUT2D eigenvalue weighted by Gasteiger charge is 2.31. The highest BCUT2D eigenvalue weighted by Crippen LogP contribution is 2.33. The summed E-state index contributed by atoms with van der Waals surface area (Å²) >= 11 is 0. The van der Waals surface area contributed by atoms with E-state index in [9.17, 15) is 18.3 Å². The van der Waals surface area contributed by atoms with Gasteiger partial charge in [-0.2, -0.15) is 0 Å². The van der Waals surface area contributed by atoms with E-state index in [1.54, 1.807) is 0 Å². The van der Waals surface area contributed by atoms with Crippen LogP contribution >= 0.6 is 12.4 Å². The maximum atomic E-state index is 12.0. The Morgan fingerprint density at radius 2 is 1.67 bits per heavy atom. The molecule has 0 aliphatic heterocycles. The van der Waals surface area contributed by atoms with E-state index in [4.69, 9.17) is 5.73 Å². The first kappa shape index (κ1) is 18.1. The van der Waals surface area contributed by atoms with Gasteiger partial charge in [0.1, 0.15) is 5.75 Å². The fraction of sp³-hybridized carbons (Fsp3) is 0.571. The Labute approximate surface area is 127 Å². The van der Waals surface area contributed by atoms with Crippen molar-refractivity contribution in [3.05, 3.63) is 29.8 Å². The third kappa shape index (κ3) is 5.05. The van der Waals surface area contributed by atoms with Gasteiger partial charge in [0.25, 0.3) is 0 Å². The zero-order chi connectivity index (χ0) is 14.8. The maximum absolute atomic E-state index is 12.0. The number of rotatable bonds is 4. The predicted molar refractivity (Wildman–Crippen MR) is 75.3 cm³/mol. The predicted octanol–water partition coefficient (Wildman–Crippen LogP) is 3.56. The smallest absolute Gasteiger partial charge is 0.406 e. The number of hydrogen-bond donors (Lipinski definition) is 2. The third-order valence-electron chi connectivity index (χ3n) is 3.75. The van der Waals surface area contributed by atoms with Crippen molar-refractivity contribution in [2.45, 2.75) is 44.2 Å². The van der Waals surface area contributed by atoms with Crippen molar-refractivity contribution in [3.8, 4) is 5.75 Å². The number of nitrogens with two attached hydrogens (primary N) is 1. The lowest BCUT2D eigenvalue weighted by Gasteiger charge is -2.24. The van der Waals surface area contributed by atoms with Gasteiger partial charge in [0.2, 0.25) is 0 Å². The van der Waals surface area contributed by atoms with Crippen molar-refractivity contribution in [2.24, 2.45) is 11.7 Å². The molecule has 1 fully saturated rings. The summed E-state index contributed by atoms with van der Waals surface area (Å²) in [7, 11) is 0. The molecule has 0 saturated heterocycles. The number of benzene rings is 1. The molecule has 1 aliphatic rings. The number of aliphatic hydroxyl groups is 1. The molecule has 21 heavy (non-hydrogen) atoms. The van der Waals surface area contributed by atoms with Crippen molar-refractivity contribution >= 4 is 12.4 Å². The van der Waals surface area contributed by atoms with Crippen molar-refractivity contribution in [3.63, 3.8) is 0 Å². The molecule has 1 saturated carbocycles. The SMILES string of the molecule is Cl.N[C@@H](c1ccc(OC(F)(F)F)cc1)[C@H](O)C1CCCC1. The van der Waals surface area contributed by atoms with Gasteiger partial charge in [0, 0.05) is 0 Å². The third-order valence-corrected chi connectivity index (χ3v) is 3.75. The molecule has 7 heteroatoms. The molecule has 2 atom stereocenters. The zero-order valence-electron chi connectivity index (χ0n) is 11.3. The summed E-state index contributed by atoms with van der Waals surface area (Å²) < 4.78 is 39.9. The number of ether oxygens (including phenoxy) is 1. The second kappa shape index (κ2) is 7.33. The van der Waals surface area contributed by atoms with Crippen molar-refractivity contribution < 1.29 is 23.0 Å². The van der Waals surface area contributed by atoms with Gasteiger partial charge in [-0.3, -0.25) is 0 Å². The Balaban J connectivity index is 0.00000220. The quantitative estimate of drug-likeness (QED) is 0.890. The van der Waals surface area contributed by atoms with Gasteiger partial charge in [-0.05, 0) is 36.5 Å². The number of aliphatic hydroxyl groups excluding tert-OH is 1. The molecule has 3 nitrogen and oxygen atoms in total. The Morgan fingerprint density at radius 1 is 1.14 bits per heavy atom. The zero-order valence-corrected chi connectivity index (χ0v) is 12.2. The van der Waals surface area contributed by atoms with Gasteiger partial charge < -0.3 is 15.6 Å². The molecule has 0 amide bonds. The van der Waals surface area contributed by atoms with Crippen LogP contribution in [0.2, 0.25) is 0 Å². The normalized spacial score (nSPS) is 18.9. The molecular weight excluding hydrogens is 307 g/mol. The second-order valence-electron chi connectivity index (χ2n) is 5.18. The van der Waals surface area contributed by atoms with Crippen LogP contribution in [0.5, 0.6) is 5.75 Å². The van der Waals surface area contributed by atoms with Crippen LogP contribution in [0.25, 0.3) is 0 Å². The molecule has 0 radical (unpaired) electrons. The summed E-state index contributed by atoms with van der Waals surface area (Å²) in [6.45, 7) is 0. The van der Waals surface area contributed by atoms with Crippen LogP contribution in [-0.4, -0.2) is 17.6 Å². The van der Waals surface area contributed by atoms with E-state index in [0.717, 1.165) is 25.7 Å². The first-order valence-electron chi connectivity index (χ1n) is 6.66. The van der Waals surface area contributed by atoms with Gasteiger partial charge in [0.15, 0.2) is 0 Å². The molecule has 1 aliphatic carbocycles. The fourth-order valence-corrected chi connectivity index (χ4v) is 2.68. The van der Waals surface area contributed by atoms with Crippen LogP contribution in [0.4, 0.5) is 13.2 Å². The Bertz CT molecular complexity index is 433. The van der Waals surface area contributed by atoms with Crippen LogP contribution in [0, 0.1) is 5.92 Å². The monoisotopic (exact) mass is 325 g/mol. The molecule has 0 heterocycles. The van der Waals surface area contributed by atoms with E-state index in [1.165, 1.54) is 24.3 Å². The Kier molecular flexibility index (Phi) is 6.31. The van der Waals surface area contributed by atoms with Crippen LogP contribution in [0.15, 0.2) is 24.3 Å². The lowest BCUT2D eigenvalue weighted by molar-refractivity contribution is -0.274. The summed E-state index contributed by atoms with van der Waals surface area (Å²) in [5, 5.41) is 10.2. The fourth-order valence-electron chi connectivity index (χ4n) is 2.68. The molecule has 120 valence electrons. The van der Waals surface area contributed by atoms with Crippen LogP contribution in [-0.2, 0) is 0 Å². The highest BCUT2D eigenvalue weighted by molar-refractivity contribution is 5.85. The first-order valence-corrected chi connectivity index (χ1v) is 6.66. The van der Waals surface area contributed by atoms with E-state index in [0.29, 0.717) is 5.56 Å². The van der Waals surface area contributed by atoms with E-state index >= 15 is 0 Å². The van der Waals surface area contributed by atoms with Crippen LogP contribution in [0.1, 0.15) is 37.3 Å². The highest BCUT2D eigenvalue weighted by atomic mass is 35.5. The molecule has 0 unspecified atom stereocenters. The lowest BCUT2D eigenvalue weighted by Crippen LogP contribution is -2.31. The van der Waals surface area contributed by atoms with Crippen molar-refractivity contribution in [1.82, 2.24) is 0 Å². The van der Waals surface area contributed by atoms with E-state index in [1.807, 2.05) is 0 Å². The average molecular weight is 326 g/mol. The topological polar surface area (TPSA) is 55.5 Å². The van der Waals surface area contributed by atoms with Gasteiger partial charge in [-0.1, -0.05) is 25.0 Å². The first-order chi connectivity index (χ1) is 9.37. The lowest BCUT2D eigenvalue weighted by atomic mass is 9.91. The molecule has 1 aromatic rings. The summed E-state index contributed by atoms with van der Waals surface area (Å²) in [6.07, 6.45) is -1.28. The Hall–Kier alpha value is -0.980. The number of alkyl halides is 3. The van der Waals surface area contributed by atoms with E-state index in [-0.39, 0.29) is 24.1 Å². The average Bonchev–Trinajstić information content (AvgIpc) is 2.90. The minimum Gasteiger partial charge on any atom is -0.406 e. The molecular formula is C14H19ClF3NO2. The minimum absolute atomic E-state index is 0. The molecule has 2 rings (SSSR count). The maximum Gasteiger partial charge on any atom is 0.573 e. The molecule has 1 aromatic carbocycles. The summed E-state index contributed by atoms with van der Waals surface area (Å²) in [6, 6.07) is 4.76. The van der Waals surface area contributed by atoms with Crippen LogP contribution in [0.3, 0.4) is 0 Å². The second-order valence-corrected chi connectivity index (χ2v) is 5.18. The van der Waals surface area contributed by atoms with E-state index < -0.39 is 18.5 Å². The van der Waals surface area contributed by atoms with Crippen LogP contribution < -0.4 is 10.5 Å². The van der Waals surface area contributed by atoms with Gasteiger partial charge in [0.05, 0.1) is 12.1 Å². The molecule has 0 aromatic heterocycles. The molecule has 3 N–H and O–H groups in total. The summed E-state index contributed by atoms with van der Waals surface area (Å²) in [5.41, 5.74) is 6.59. The van der Waals surface area contributed by atoms with Crippen molar-refractivity contribution in [1.29, 1.82) is 0 Å². The minimum atomic E-state index is -4.70. The standard InChI is InChI=1S/C14H18F3NO2.ClH/c15-14(16,17)20-11-7-5-9(6-8-11)12(18)13(19)10-3-1-2-4-10;/h5-8,10,12-13,19H,1-4,18H2;1H/t12-,13+;/m0./s1. The number of hydrogen-bond acceptors (Lipinski definition) is 3. The largest absolute Gasteiger partial charge is 0.573 e. The van der Waals surface area contributed by atoms with E-state index in [2.05, 4.69) is 4.74 Å². The Morgan fingerprint density at radius 3 is 2.14 bits per heavy atom. The van der Waals surface area contributed by atoms with Gasteiger partial charge >= 0.3 is 6.36 Å². The van der Waals surface area contributed by atoms with Gasteiger partial charge in [-0.25, -0.2) is 0 Å². The van der Waals surface area contributed by atoms with Gasteiger partial charge in [-0.15, -0.1) is 25.6 Å². The molecule has 0 spiro atoms.